The lowest BCUT2D eigenvalue weighted by Crippen LogP contribution is -2.25. The van der Waals surface area contributed by atoms with Crippen LogP contribution in [0.2, 0.25) is 0 Å². The molecule has 0 bridgehead atoms. The molecule has 0 aromatic carbocycles. The van der Waals surface area contributed by atoms with Crippen molar-refractivity contribution in [2.24, 2.45) is 5.73 Å². The molecule has 0 spiro atoms. The van der Waals surface area contributed by atoms with Crippen molar-refractivity contribution >= 4 is 5.96 Å². The fourth-order valence-corrected chi connectivity index (χ4v) is 0.734. The van der Waals surface area contributed by atoms with Gasteiger partial charge in [-0.15, -0.1) is 0 Å². The first-order valence-corrected chi connectivity index (χ1v) is 3.64. The van der Waals surface area contributed by atoms with Gasteiger partial charge in [-0.05, 0) is 0 Å². The number of guanidine groups is 1. The van der Waals surface area contributed by atoms with Crippen LogP contribution in [0.1, 0.15) is 0 Å². The molecule has 0 aromatic rings. The van der Waals surface area contributed by atoms with Crippen LogP contribution in [-0.2, 0) is 0 Å². The summed E-state index contributed by atoms with van der Waals surface area (Å²) in [5, 5.41) is 15.9. The summed E-state index contributed by atoms with van der Waals surface area (Å²) >= 11 is 0. The van der Waals surface area contributed by atoms with E-state index in [1.165, 1.54) is 6.19 Å². The molecule has 4 N–H and O–H groups in total. The Balaban J connectivity index is 0.000000226. The Hall–Kier alpha value is -1.90. The molecule has 13 heavy (non-hydrogen) atoms. The molecular weight excluding hydrogens is 168 g/mol. The highest BCUT2D eigenvalue weighted by atomic mass is 15.3. The first-order valence-electron chi connectivity index (χ1n) is 3.64. The molecule has 0 amide bonds. The normalized spacial score (nSPS) is 13.0. The van der Waals surface area contributed by atoms with Crippen LogP contribution in [0.5, 0.6) is 0 Å². The fourth-order valence-electron chi connectivity index (χ4n) is 0.734. The molecule has 0 saturated heterocycles. The summed E-state index contributed by atoms with van der Waals surface area (Å²) in [6.07, 6.45) is 5.58. The highest BCUT2D eigenvalue weighted by molar-refractivity contribution is 5.75. The molecule has 0 aliphatic carbocycles. The van der Waals surface area contributed by atoms with Gasteiger partial charge in [-0.25, -0.2) is 0 Å². The molecule has 0 radical (unpaired) electrons. The molecule has 1 aliphatic rings. The van der Waals surface area contributed by atoms with E-state index in [2.05, 4.69) is 42.0 Å². The second-order valence-corrected chi connectivity index (χ2v) is 2.60. The highest BCUT2D eigenvalue weighted by Gasteiger charge is 1.99. The minimum atomic E-state index is -0.322. The van der Waals surface area contributed by atoms with Crippen molar-refractivity contribution in [3.8, 4) is 6.19 Å². The average molecular weight is 182 g/mol. The third-order valence-electron chi connectivity index (χ3n) is 1.21. The lowest BCUT2D eigenvalue weighted by Gasteiger charge is -2.10. The molecule has 0 saturated carbocycles. The van der Waals surface area contributed by atoms with Gasteiger partial charge in [-0.3, -0.25) is 10.7 Å². The third kappa shape index (κ3) is 6.50. The molecule has 0 atom stereocenters. The van der Waals surface area contributed by atoms with Crippen molar-refractivity contribution in [1.29, 1.82) is 10.7 Å². The lowest BCUT2D eigenvalue weighted by molar-refractivity contribution is 0.340. The van der Waals surface area contributed by atoms with Gasteiger partial charge < -0.3 is 15.5 Å². The number of hydrogen-bond acceptors (Lipinski definition) is 4. The summed E-state index contributed by atoms with van der Waals surface area (Å²) in [5.74, 6) is -0.322. The Labute approximate surface area is 77.7 Å². The van der Waals surface area contributed by atoms with Crippen LogP contribution in [0, 0.1) is 16.9 Å². The van der Waals surface area contributed by atoms with Crippen LogP contribution in [0.25, 0.3) is 0 Å². The van der Waals surface area contributed by atoms with Gasteiger partial charge in [0.05, 0.1) is 6.67 Å². The van der Waals surface area contributed by atoms with Gasteiger partial charge in [0.15, 0.2) is 12.2 Å². The Morgan fingerprint density at radius 1 is 1.54 bits per heavy atom. The molecule has 6 heteroatoms. The van der Waals surface area contributed by atoms with E-state index >= 15 is 0 Å². The third-order valence-corrected chi connectivity index (χ3v) is 1.21. The molecule has 72 valence electrons. The number of rotatable bonds is 0. The predicted molar refractivity (Wildman–Crippen MR) is 50.2 cm³/mol. The SMILES string of the molecule is CN1C=CN(C)C1.N#CNC(=N)N. The number of nitrogens with zero attached hydrogens (tertiary/aromatic N) is 3. The van der Waals surface area contributed by atoms with Crippen molar-refractivity contribution in [3.05, 3.63) is 12.4 Å². The first-order chi connectivity index (χ1) is 6.06. The second kappa shape index (κ2) is 5.71. The maximum absolute atomic E-state index is 7.65. The van der Waals surface area contributed by atoms with Crippen molar-refractivity contribution in [3.63, 3.8) is 0 Å². The smallest absolute Gasteiger partial charge is 0.199 e. The van der Waals surface area contributed by atoms with Gasteiger partial charge in [0.2, 0.25) is 0 Å². The first kappa shape index (κ1) is 11.1. The quantitative estimate of drug-likeness (QED) is 0.198. The molecule has 0 fully saturated rings. The van der Waals surface area contributed by atoms with E-state index in [0.717, 1.165) is 6.67 Å². The minimum absolute atomic E-state index is 0.322. The van der Waals surface area contributed by atoms with E-state index < -0.39 is 0 Å². The summed E-state index contributed by atoms with van der Waals surface area (Å²) in [4.78, 5) is 4.25. The van der Waals surface area contributed by atoms with E-state index in [9.17, 15) is 0 Å². The monoisotopic (exact) mass is 182 g/mol. The number of nitrogens with one attached hydrogen (secondary N) is 2. The van der Waals surface area contributed by atoms with Crippen molar-refractivity contribution in [2.75, 3.05) is 20.8 Å². The summed E-state index contributed by atoms with van der Waals surface area (Å²) in [5.41, 5.74) is 4.65. The zero-order chi connectivity index (χ0) is 10.3. The summed E-state index contributed by atoms with van der Waals surface area (Å²) in [6, 6.07) is 0. The van der Waals surface area contributed by atoms with Gasteiger partial charge in [-0.1, -0.05) is 0 Å². The molecular formula is C7H14N6. The zero-order valence-corrected chi connectivity index (χ0v) is 7.78. The highest BCUT2D eigenvalue weighted by Crippen LogP contribution is 1.97. The van der Waals surface area contributed by atoms with Crippen LogP contribution in [0.4, 0.5) is 0 Å². The Bertz CT molecular complexity index is 218. The van der Waals surface area contributed by atoms with E-state index in [-0.39, 0.29) is 5.96 Å². The fraction of sp³-hybridized carbons (Fsp3) is 0.429. The molecule has 6 nitrogen and oxygen atoms in total. The predicted octanol–water partition coefficient (Wildman–Crippen LogP) is -0.757. The van der Waals surface area contributed by atoms with Crippen molar-refractivity contribution < 1.29 is 0 Å². The number of nitriles is 1. The number of hydrogen-bond donors (Lipinski definition) is 3. The van der Waals surface area contributed by atoms with Gasteiger partial charge in [0.25, 0.3) is 0 Å². The van der Waals surface area contributed by atoms with Crippen LogP contribution in [0.3, 0.4) is 0 Å². The van der Waals surface area contributed by atoms with Crippen molar-refractivity contribution in [1.82, 2.24) is 15.1 Å². The van der Waals surface area contributed by atoms with Crippen molar-refractivity contribution in [2.45, 2.75) is 0 Å². The average Bonchev–Trinajstić information content (AvgIpc) is 2.35. The number of nitrogens with two attached hydrogens (primary N) is 1. The Morgan fingerprint density at radius 3 is 2.08 bits per heavy atom. The molecule has 1 heterocycles. The topological polar surface area (TPSA) is 92.2 Å². The standard InChI is InChI=1S/C5H10N2.C2H4N4/c1-6-3-4-7(2)5-6;3-1-6-2(4)5/h3-4H,5H2,1-2H3;(H4,4,5,6). The second-order valence-electron chi connectivity index (χ2n) is 2.60. The molecule has 0 unspecified atom stereocenters. The maximum Gasteiger partial charge on any atom is 0.199 e. The van der Waals surface area contributed by atoms with Gasteiger partial charge in [0.1, 0.15) is 0 Å². The van der Waals surface area contributed by atoms with Gasteiger partial charge >= 0.3 is 0 Å². The maximum atomic E-state index is 7.65. The summed E-state index contributed by atoms with van der Waals surface area (Å²) < 4.78 is 0. The van der Waals surface area contributed by atoms with Crippen LogP contribution < -0.4 is 11.1 Å². The van der Waals surface area contributed by atoms with Gasteiger partial charge in [-0.2, -0.15) is 5.26 Å². The van der Waals surface area contributed by atoms with E-state index in [4.69, 9.17) is 10.7 Å². The molecule has 1 rings (SSSR count). The largest absolute Gasteiger partial charge is 0.369 e. The zero-order valence-electron chi connectivity index (χ0n) is 7.78. The van der Waals surface area contributed by atoms with Crippen LogP contribution in [-0.4, -0.2) is 36.5 Å². The minimum Gasteiger partial charge on any atom is -0.369 e. The lowest BCUT2D eigenvalue weighted by atomic mass is 10.9. The van der Waals surface area contributed by atoms with Gasteiger partial charge in [0, 0.05) is 26.5 Å². The molecule has 1 aliphatic heterocycles. The van der Waals surface area contributed by atoms with E-state index in [0.29, 0.717) is 0 Å². The summed E-state index contributed by atoms with van der Waals surface area (Å²) in [6.45, 7) is 1.03. The Kier molecular flexibility index (Phi) is 4.88. The Morgan fingerprint density at radius 2 is 2.00 bits per heavy atom. The molecule has 0 aromatic heterocycles. The van der Waals surface area contributed by atoms with Crippen LogP contribution in [0.15, 0.2) is 12.4 Å². The van der Waals surface area contributed by atoms with E-state index in [1.807, 2.05) is 5.32 Å². The van der Waals surface area contributed by atoms with E-state index in [1.54, 1.807) is 0 Å². The summed E-state index contributed by atoms with van der Waals surface area (Å²) in [7, 11) is 4.11. The van der Waals surface area contributed by atoms with Crippen LogP contribution >= 0.6 is 0 Å².